The molecule has 1 unspecified atom stereocenters. The highest BCUT2D eigenvalue weighted by molar-refractivity contribution is 9.10. The van der Waals surface area contributed by atoms with Gasteiger partial charge in [-0.1, -0.05) is 0 Å². The van der Waals surface area contributed by atoms with Gasteiger partial charge in [0, 0.05) is 19.5 Å². The lowest BCUT2D eigenvalue weighted by molar-refractivity contribution is 0.245. The van der Waals surface area contributed by atoms with Crippen LogP contribution in [0, 0.1) is 11.3 Å². The summed E-state index contributed by atoms with van der Waals surface area (Å²) in [5.74, 6) is 0.479. The minimum atomic E-state index is 0.479. The minimum Gasteiger partial charge on any atom is -0.306 e. The average Bonchev–Trinajstić information content (AvgIpc) is 2.53. The number of aromatic nitrogens is 2. The maximum atomic E-state index is 8.94. The molecule has 1 atom stereocenters. The van der Waals surface area contributed by atoms with Gasteiger partial charge in [-0.2, -0.15) is 10.4 Å². The fraction of sp³-hybridized carbons (Fsp3) is 0.636. The Hall–Kier alpha value is -0.860. The first-order valence-corrected chi connectivity index (χ1v) is 6.23. The van der Waals surface area contributed by atoms with Gasteiger partial charge in [0.2, 0.25) is 0 Å². The molecule has 1 saturated heterocycles. The molecule has 1 aliphatic heterocycles. The van der Waals surface area contributed by atoms with E-state index in [0.717, 1.165) is 23.3 Å². The van der Waals surface area contributed by atoms with Crippen LogP contribution < -0.4 is 0 Å². The summed E-state index contributed by atoms with van der Waals surface area (Å²) < 4.78 is 2.71. The van der Waals surface area contributed by atoms with Crippen molar-refractivity contribution in [3.63, 3.8) is 0 Å². The van der Waals surface area contributed by atoms with Crippen molar-refractivity contribution >= 4 is 15.9 Å². The molecule has 4 nitrogen and oxygen atoms in total. The van der Waals surface area contributed by atoms with Crippen molar-refractivity contribution in [2.45, 2.75) is 18.8 Å². The van der Waals surface area contributed by atoms with Crippen LogP contribution in [0.15, 0.2) is 4.47 Å². The summed E-state index contributed by atoms with van der Waals surface area (Å²) >= 11 is 3.49. The van der Waals surface area contributed by atoms with E-state index < -0.39 is 0 Å². The normalized spacial score (nSPS) is 22.0. The van der Waals surface area contributed by atoms with Crippen LogP contribution in [-0.2, 0) is 7.05 Å². The predicted octanol–water partition coefficient (Wildman–Crippen LogP) is 1.86. The molecule has 0 spiro atoms. The first-order chi connectivity index (χ1) is 7.63. The van der Waals surface area contributed by atoms with Crippen LogP contribution in [0.3, 0.4) is 0 Å². The van der Waals surface area contributed by atoms with Crippen molar-refractivity contribution in [3.8, 4) is 6.07 Å². The Balaban J connectivity index is 2.33. The second-order valence-corrected chi connectivity index (χ2v) is 5.18. The fourth-order valence-electron chi connectivity index (χ4n) is 2.42. The molecule has 0 aromatic carbocycles. The Morgan fingerprint density at radius 3 is 2.81 bits per heavy atom. The summed E-state index contributed by atoms with van der Waals surface area (Å²) in [7, 11) is 4.05. The highest BCUT2D eigenvalue weighted by atomic mass is 79.9. The maximum Gasteiger partial charge on any atom is 0.176 e. The van der Waals surface area contributed by atoms with Gasteiger partial charge in [-0.25, -0.2) is 0 Å². The molecule has 1 aromatic rings. The van der Waals surface area contributed by atoms with Crippen LogP contribution in [-0.4, -0.2) is 34.8 Å². The topological polar surface area (TPSA) is 44.9 Å². The van der Waals surface area contributed by atoms with Crippen molar-refractivity contribution in [1.29, 1.82) is 5.26 Å². The number of aryl methyl sites for hydroxylation is 1. The lowest BCUT2D eigenvalue weighted by atomic mass is 9.95. The second kappa shape index (κ2) is 4.56. The van der Waals surface area contributed by atoms with Crippen molar-refractivity contribution in [1.82, 2.24) is 14.7 Å². The van der Waals surface area contributed by atoms with E-state index in [9.17, 15) is 0 Å². The number of hydrogen-bond donors (Lipinski definition) is 0. The number of piperidine rings is 1. The number of nitriles is 1. The second-order valence-electron chi connectivity index (χ2n) is 4.38. The molecule has 5 heteroatoms. The number of nitrogens with zero attached hydrogens (tertiary/aromatic N) is 4. The zero-order valence-electron chi connectivity index (χ0n) is 9.57. The maximum absolute atomic E-state index is 8.94. The zero-order chi connectivity index (χ0) is 11.7. The van der Waals surface area contributed by atoms with Crippen molar-refractivity contribution in [3.05, 3.63) is 15.9 Å². The van der Waals surface area contributed by atoms with E-state index in [4.69, 9.17) is 5.26 Å². The van der Waals surface area contributed by atoms with Gasteiger partial charge in [-0.15, -0.1) is 0 Å². The molecule has 0 saturated carbocycles. The molecule has 86 valence electrons. The molecule has 0 N–H and O–H groups in total. The predicted molar refractivity (Wildman–Crippen MR) is 65.1 cm³/mol. The monoisotopic (exact) mass is 282 g/mol. The van der Waals surface area contributed by atoms with Gasteiger partial charge in [-0.3, -0.25) is 4.68 Å². The Kier molecular flexibility index (Phi) is 3.31. The van der Waals surface area contributed by atoms with Crippen LogP contribution >= 0.6 is 15.9 Å². The molecule has 2 rings (SSSR count). The smallest absolute Gasteiger partial charge is 0.176 e. The van der Waals surface area contributed by atoms with Crippen LogP contribution in [0.1, 0.15) is 30.1 Å². The van der Waals surface area contributed by atoms with Crippen LogP contribution in [0.5, 0.6) is 0 Å². The highest BCUT2D eigenvalue weighted by Gasteiger charge is 2.25. The quantitative estimate of drug-likeness (QED) is 0.790. The van der Waals surface area contributed by atoms with Gasteiger partial charge in [0.1, 0.15) is 6.07 Å². The Bertz CT molecular complexity index is 432. The summed E-state index contributed by atoms with van der Waals surface area (Å²) in [4.78, 5) is 2.33. The lowest BCUT2D eigenvalue weighted by Gasteiger charge is -2.29. The van der Waals surface area contributed by atoms with E-state index in [1.54, 1.807) is 0 Å². The van der Waals surface area contributed by atoms with Crippen LogP contribution in [0.4, 0.5) is 0 Å². The molecule has 16 heavy (non-hydrogen) atoms. The van der Waals surface area contributed by atoms with E-state index in [2.05, 4.69) is 39.0 Å². The van der Waals surface area contributed by atoms with Gasteiger partial charge in [0.15, 0.2) is 5.69 Å². The SMILES string of the molecule is CN1CCCC(c2c(Br)c(C#N)nn2C)C1. The molecule has 0 radical (unpaired) electrons. The number of hydrogen-bond acceptors (Lipinski definition) is 3. The van der Waals surface area contributed by atoms with Gasteiger partial charge in [0.05, 0.1) is 10.2 Å². The molecule has 1 aromatic heterocycles. The van der Waals surface area contributed by atoms with Gasteiger partial charge in [-0.05, 0) is 42.4 Å². The fourth-order valence-corrected chi connectivity index (χ4v) is 3.16. The summed E-state index contributed by atoms with van der Waals surface area (Å²) in [5.41, 5.74) is 1.65. The first kappa shape index (κ1) is 11.6. The Morgan fingerprint density at radius 1 is 1.50 bits per heavy atom. The summed E-state index contributed by atoms with van der Waals surface area (Å²) in [6, 6.07) is 2.11. The highest BCUT2D eigenvalue weighted by Crippen LogP contribution is 2.32. The van der Waals surface area contributed by atoms with Gasteiger partial charge < -0.3 is 4.90 Å². The molecule has 0 amide bonds. The largest absolute Gasteiger partial charge is 0.306 e. The van der Waals surface area contributed by atoms with E-state index in [1.807, 2.05) is 11.7 Å². The molecule has 0 bridgehead atoms. The molecular weight excluding hydrogens is 268 g/mol. The third-order valence-electron chi connectivity index (χ3n) is 3.15. The molecule has 1 fully saturated rings. The van der Waals surface area contributed by atoms with Crippen LogP contribution in [0.25, 0.3) is 0 Å². The standard InChI is InChI=1S/C11H15BrN4/c1-15-5-3-4-8(7-15)11-10(12)9(6-13)14-16(11)2/h8H,3-5,7H2,1-2H3. The minimum absolute atomic E-state index is 0.479. The van der Waals surface area contributed by atoms with E-state index in [-0.39, 0.29) is 0 Å². The van der Waals surface area contributed by atoms with E-state index in [0.29, 0.717) is 11.6 Å². The third-order valence-corrected chi connectivity index (χ3v) is 3.93. The molecule has 1 aliphatic rings. The molecular formula is C11H15BrN4. The molecule has 0 aliphatic carbocycles. The van der Waals surface area contributed by atoms with Gasteiger partial charge >= 0.3 is 0 Å². The van der Waals surface area contributed by atoms with Crippen molar-refractivity contribution in [2.24, 2.45) is 7.05 Å². The average molecular weight is 283 g/mol. The number of rotatable bonds is 1. The zero-order valence-corrected chi connectivity index (χ0v) is 11.2. The summed E-state index contributed by atoms with van der Waals surface area (Å²) in [6.45, 7) is 2.21. The Morgan fingerprint density at radius 2 is 2.25 bits per heavy atom. The number of likely N-dealkylation sites (N-methyl/N-ethyl adjacent to an activating group) is 1. The van der Waals surface area contributed by atoms with Crippen molar-refractivity contribution < 1.29 is 0 Å². The van der Waals surface area contributed by atoms with E-state index in [1.165, 1.54) is 12.8 Å². The van der Waals surface area contributed by atoms with Crippen LogP contribution in [0.2, 0.25) is 0 Å². The lowest BCUT2D eigenvalue weighted by Crippen LogP contribution is -2.31. The summed E-state index contributed by atoms with van der Waals surface area (Å²) in [6.07, 6.45) is 2.38. The third kappa shape index (κ3) is 2.00. The number of halogens is 1. The van der Waals surface area contributed by atoms with Crippen molar-refractivity contribution in [2.75, 3.05) is 20.1 Å². The first-order valence-electron chi connectivity index (χ1n) is 5.44. The molecule has 2 heterocycles. The number of likely N-dealkylation sites (tertiary alicyclic amines) is 1. The Labute approximate surface area is 104 Å². The van der Waals surface area contributed by atoms with E-state index >= 15 is 0 Å². The van der Waals surface area contributed by atoms with Gasteiger partial charge in [0.25, 0.3) is 0 Å². The summed E-state index contributed by atoms with van der Waals surface area (Å²) in [5, 5.41) is 13.2.